The van der Waals surface area contributed by atoms with E-state index in [1.165, 1.54) is 13.4 Å². The highest BCUT2D eigenvalue weighted by Crippen LogP contribution is 2.39. The van der Waals surface area contributed by atoms with Gasteiger partial charge in [0.1, 0.15) is 18.8 Å². The van der Waals surface area contributed by atoms with E-state index in [9.17, 15) is 45.3 Å². The van der Waals surface area contributed by atoms with Gasteiger partial charge in [0.15, 0.2) is 12.4 Å². The first-order valence-electron chi connectivity index (χ1n) is 14.7. The van der Waals surface area contributed by atoms with E-state index in [4.69, 9.17) is 18.9 Å². The average molecular weight is 614 g/mol. The van der Waals surface area contributed by atoms with Crippen LogP contribution in [0.25, 0.3) is 0 Å². The average Bonchev–Trinajstić information content (AvgIpc) is 3.50. The van der Waals surface area contributed by atoms with Gasteiger partial charge in [-0.25, -0.2) is 4.79 Å². The number of allylic oxidation sites excluding steroid dienone is 2. The topological polar surface area (TPSA) is 220 Å². The SMILES string of the molecule is COC(=O)C1=COC(OC2OC(CO)C(O)C(O)(O)C2O)C(C=C2CCCC2)C1C=CC1CC(C(=O)[O-])C[NH+](CCO)C1. The molecule has 242 valence electrons. The van der Waals surface area contributed by atoms with Crippen molar-refractivity contribution in [1.82, 2.24) is 0 Å². The van der Waals surface area contributed by atoms with Crippen LogP contribution < -0.4 is 10.0 Å². The van der Waals surface area contributed by atoms with Gasteiger partial charge in [0, 0.05) is 17.8 Å². The Kier molecular flexibility index (Phi) is 11.4. The second kappa shape index (κ2) is 14.6. The smallest absolute Gasteiger partial charge is 0.337 e. The van der Waals surface area contributed by atoms with E-state index in [1.807, 2.05) is 12.2 Å². The standard InChI is InChI=1S/C29H43NO13/c1-40-26(37)21-15-41-27(43-28-24(34)29(38,39)23(33)22(14-32)42-28)20(11-16-4-2-3-5-16)19(21)7-6-17-10-18(25(35)36)13-30(12-17)8-9-31/h6-7,11,15,17-20,22-24,27-28,31-34,38-39H,2-5,8-10,12-14H2,1H3,(H,35,36). The molecule has 0 amide bonds. The number of carboxylic acid groups (broad SMARTS) is 1. The maximum absolute atomic E-state index is 12.9. The molecule has 0 spiro atoms. The molecule has 0 aromatic heterocycles. The first kappa shape index (κ1) is 33.5. The molecule has 4 aliphatic rings. The van der Waals surface area contributed by atoms with E-state index in [0.717, 1.165) is 36.2 Å². The quantitative estimate of drug-likeness (QED) is 0.0712. The summed E-state index contributed by atoms with van der Waals surface area (Å²) in [5.41, 5.74) is 1.25. The summed E-state index contributed by atoms with van der Waals surface area (Å²) >= 11 is 0. The summed E-state index contributed by atoms with van der Waals surface area (Å²) in [6, 6.07) is 0. The molecule has 3 heterocycles. The van der Waals surface area contributed by atoms with Crippen LogP contribution in [0.2, 0.25) is 0 Å². The number of carboxylic acids is 1. The summed E-state index contributed by atoms with van der Waals surface area (Å²) in [7, 11) is 1.23. The van der Waals surface area contributed by atoms with Gasteiger partial charge in [0.05, 0.1) is 57.1 Å². The number of piperidine rings is 1. The normalized spacial score (nSPS) is 37.9. The Hall–Kier alpha value is -2.40. The first-order valence-corrected chi connectivity index (χ1v) is 14.7. The minimum absolute atomic E-state index is 0.0956. The summed E-state index contributed by atoms with van der Waals surface area (Å²) in [6.45, 7) is 0.397. The van der Waals surface area contributed by atoms with Crippen LogP contribution >= 0.6 is 0 Å². The lowest BCUT2D eigenvalue weighted by molar-refractivity contribution is -0.911. The molecule has 14 nitrogen and oxygen atoms in total. The lowest BCUT2D eigenvalue weighted by Gasteiger charge is -2.46. The molecular formula is C29H43NO13. The zero-order chi connectivity index (χ0) is 31.3. The van der Waals surface area contributed by atoms with Gasteiger partial charge in [-0.1, -0.05) is 23.8 Å². The molecule has 10 atom stereocenters. The lowest BCUT2D eigenvalue weighted by Crippen LogP contribution is -3.15. The zero-order valence-electron chi connectivity index (χ0n) is 24.1. The monoisotopic (exact) mass is 613 g/mol. The molecule has 43 heavy (non-hydrogen) atoms. The Labute approximate surface area is 249 Å². The number of carbonyl (C=O) groups excluding carboxylic acids is 2. The van der Waals surface area contributed by atoms with Gasteiger partial charge in [-0.05, 0) is 32.1 Å². The van der Waals surface area contributed by atoms with Gasteiger partial charge in [-0.2, -0.15) is 0 Å². The van der Waals surface area contributed by atoms with Gasteiger partial charge in [0.25, 0.3) is 0 Å². The van der Waals surface area contributed by atoms with E-state index in [1.54, 1.807) is 6.08 Å². The van der Waals surface area contributed by atoms with Gasteiger partial charge in [-0.15, -0.1) is 0 Å². The predicted octanol–water partition coefficient (Wildman–Crippen LogP) is -3.91. The van der Waals surface area contributed by atoms with Crippen molar-refractivity contribution in [1.29, 1.82) is 0 Å². The van der Waals surface area contributed by atoms with Gasteiger partial charge < -0.3 is 64.4 Å². The minimum atomic E-state index is -3.06. The first-order chi connectivity index (χ1) is 20.5. The number of hydrogen-bond donors (Lipinski definition) is 7. The zero-order valence-corrected chi connectivity index (χ0v) is 24.1. The van der Waals surface area contributed by atoms with E-state index < -0.39 is 73.0 Å². The van der Waals surface area contributed by atoms with Gasteiger partial charge in [0.2, 0.25) is 12.1 Å². The van der Waals surface area contributed by atoms with Crippen molar-refractivity contribution in [3.05, 3.63) is 35.6 Å². The third-order valence-electron chi connectivity index (χ3n) is 8.81. The highest BCUT2D eigenvalue weighted by atomic mass is 16.8. The summed E-state index contributed by atoms with van der Waals surface area (Å²) in [5.74, 6) is -7.19. The van der Waals surface area contributed by atoms with Gasteiger partial charge in [-0.3, -0.25) is 0 Å². The summed E-state index contributed by atoms with van der Waals surface area (Å²) in [4.78, 5) is 25.5. The number of aliphatic hydroxyl groups is 6. The number of esters is 1. The number of carbonyl (C=O) groups is 2. The van der Waals surface area contributed by atoms with Crippen molar-refractivity contribution in [2.45, 2.75) is 68.8 Å². The molecular weight excluding hydrogens is 570 g/mol. The summed E-state index contributed by atoms with van der Waals surface area (Å²) < 4.78 is 22.2. The Bertz CT molecular complexity index is 1070. The van der Waals surface area contributed by atoms with Crippen LogP contribution in [0, 0.1) is 23.7 Å². The Morgan fingerprint density at radius 1 is 1.12 bits per heavy atom. The Morgan fingerprint density at radius 2 is 1.84 bits per heavy atom. The predicted molar refractivity (Wildman–Crippen MR) is 143 cm³/mol. The van der Waals surface area contributed by atoms with E-state index in [0.29, 0.717) is 26.1 Å². The molecule has 3 aliphatic heterocycles. The van der Waals surface area contributed by atoms with E-state index in [-0.39, 0.29) is 18.1 Å². The Morgan fingerprint density at radius 3 is 2.47 bits per heavy atom. The highest BCUT2D eigenvalue weighted by Gasteiger charge is 2.56. The number of rotatable bonds is 10. The van der Waals surface area contributed by atoms with E-state index >= 15 is 0 Å². The number of hydrogen-bond acceptors (Lipinski definition) is 13. The molecule has 1 aliphatic carbocycles. The number of aliphatic hydroxyl groups excluding tert-OH is 4. The van der Waals surface area contributed by atoms with Crippen LogP contribution in [0.1, 0.15) is 32.1 Å². The van der Waals surface area contributed by atoms with Crippen LogP contribution in [0.4, 0.5) is 0 Å². The molecule has 1 saturated carbocycles. The molecule has 4 rings (SSSR count). The number of nitrogens with one attached hydrogen (secondary N) is 1. The van der Waals surface area contributed by atoms with Crippen molar-refractivity contribution in [3.8, 4) is 0 Å². The highest BCUT2D eigenvalue weighted by molar-refractivity contribution is 5.89. The van der Waals surface area contributed by atoms with Crippen LogP contribution in [-0.2, 0) is 28.5 Å². The molecule has 0 radical (unpaired) electrons. The molecule has 10 unspecified atom stereocenters. The van der Waals surface area contributed by atoms with E-state index in [2.05, 4.69) is 0 Å². The lowest BCUT2D eigenvalue weighted by atomic mass is 9.80. The van der Waals surface area contributed by atoms with Crippen molar-refractivity contribution in [2.75, 3.05) is 40.0 Å². The number of likely N-dealkylation sites (tertiary alicyclic amines) is 1. The van der Waals surface area contributed by atoms with Crippen molar-refractivity contribution in [2.24, 2.45) is 23.7 Å². The van der Waals surface area contributed by atoms with Crippen molar-refractivity contribution in [3.63, 3.8) is 0 Å². The number of methoxy groups -OCH3 is 1. The molecule has 14 heteroatoms. The molecule has 0 aromatic carbocycles. The molecule has 2 saturated heterocycles. The molecule has 3 fully saturated rings. The van der Waals surface area contributed by atoms with Gasteiger partial charge >= 0.3 is 5.97 Å². The largest absolute Gasteiger partial charge is 0.550 e. The Balaban J connectivity index is 1.67. The third-order valence-corrected chi connectivity index (χ3v) is 8.81. The minimum Gasteiger partial charge on any atom is -0.550 e. The number of quaternary nitrogens is 1. The maximum Gasteiger partial charge on any atom is 0.337 e. The molecule has 0 aromatic rings. The van der Waals surface area contributed by atoms with Crippen LogP contribution in [0.15, 0.2) is 35.6 Å². The molecule has 0 bridgehead atoms. The maximum atomic E-state index is 12.9. The second-order valence-corrected chi connectivity index (χ2v) is 11.8. The van der Waals surface area contributed by atoms with Crippen LogP contribution in [-0.4, -0.2) is 119 Å². The second-order valence-electron chi connectivity index (χ2n) is 11.8. The molecule has 7 N–H and O–H groups in total. The fourth-order valence-electron chi connectivity index (χ4n) is 6.44. The van der Waals surface area contributed by atoms with Crippen LogP contribution in [0.3, 0.4) is 0 Å². The number of ether oxygens (including phenoxy) is 4. The fourth-order valence-corrected chi connectivity index (χ4v) is 6.44. The fraction of sp³-hybridized carbons (Fsp3) is 0.724. The third kappa shape index (κ3) is 7.64. The van der Waals surface area contributed by atoms with Crippen molar-refractivity contribution >= 4 is 11.9 Å². The summed E-state index contributed by atoms with van der Waals surface area (Å²) in [5, 5.41) is 72.2. The number of aliphatic carboxylic acids is 1. The summed E-state index contributed by atoms with van der Waals surface area (Å²) in [6.07, 6.45) is 1.99. The van der Waals surface area contributed by atoms with Crippen LogP contribution in [0.5, 0.6) is 0 Å². The van der Waals surface area contributed by atoms with Crippen molar-refractivity contribution < 1.29 is 69.2 Å².